The largest absolute Gasteiger partial charge is 0.414 e. The predicted octanol–water partition coefficient (Wildman–Crippen LogP) is 4.40. The van der Waals surface area contributed by atoms with Crippen molar-refractivity contribution in [3.63, 3.8) is 0 Å². The van der Waals surface area contributed by atoms with Crippen molar-refractivity contribution in [1.82, 2.24) is 0 Å². The molecule has 0 heterocycles. The van der Waals surface area contributed by atoms with E-state index in [4.69, 9.17) is 4.43 Å². The lowest BCUT2D eigenvalue weighted by molar-refractivity contribution is -0.124. The summed E-state index contributed by atoms with van der Waals surface area (Å²) >= 11 is 0. The number of carbonyl (C=O) groups excluding carboxylic acids is 1. The maximum atomic E-state index is 11.8. The van der Waals surface area contributed by atoms with Gasteiger partial charge in [0.2, 0.25) is 0 Å². The van der Waals surface area contributed by atoms with Crippen LogP contribution in [0.5, 0.6) is 0 Å². The first kappa shape index (κ1) is 20.8. The third-order valence-electron chi connectivity index (χ3n) is 4.58. The predicted molar refractivity (Wildman–Crippen MR) is 92.0 cm³/mol. The Bertz CT molecular complexity index is 329. The lowest BCUT2D eigenvalue weighted by Gasteiger charge is -2.41. The first-order valence-corrected chi connectivity index (χ1v) is 11.1. The van der Waals surface area contributed by atoms with E-state index in [2.05, 4.69) is 47.7 Å². The maximum Gasteiger partial charge on any atom is 0.192 e. The van der Waals surface area contributed by atoms with Crippen molar-refractivity contribution >= 4 is 14.1 Å². The van der Waals surface area contributed by atoms with Crippen LogP contribution in [0.3, 0.4) is 0 Å². The Morgan fingerprint density at radius 2 is 1.62 bits per heavy atom. The molecule has 0 radical (unpaired) electrons. The van der Waals surface area contributed by atoms with Gasteiger partial charge in [-0.25, -0.2) is 0 Å². The topological polar surface area (TPSA) is 46.5 Å². The summed E-state index contributed by atoms with van der Waals surface area (Å²) in [6.07, 6.45) is 0.197. The highest BCUT2D eigenvalue weighted by Crippen LogP contribution is 2.38. The van der Waals surface area contributed by atoms with Crippen molar-refractivity contribution in [3.8, 4) is 0 Å². The SMILES string of the molecule is CC(C)C(=O)C[C@H](O)C[C@@H](O[Si](C)(C)C(C)(C)C)C(C)C. The van der Waals surface area contributed by atoms with Gasteiger partial charge in [-0.15, -0.1) is 0 Å². The van der Waals surface area contributed by atoms with E-state index in [1.165, 1.54) is 0 Å². The Labute approximate surface area is 132 Å². The minimum Gasteiger partial charge on any atom is -0.414 e. The molecule has 0 rings (SSSR count). The van der Waals surface area contributed by atoms with E-state index in [1.54, 1.807) is 0 Å². The molecule has 0 bridgehead atoms. The van der Waals surface area contributed by atoms with Crippen molar-refractivity contribution in [3.05, 3.63) is 0 Å². The lowest BCUT2D eigenvalue weighted by atomic mass is 9.96. The zero-order valence-corrected chi connectivity index (χ0v) is 16.5. The van der Waals surface area contributed by atoms with E-state index >= 15 is 0 Å². The summed E-state index contributed by atoms with van der Waals surface area (Å²) in [5, 5.41) is 10.4. The quantitative estimate of drug-likeness (QED) is 0.675. The summed E-state index contributed by atoms with van der Waals surface area (Å²) in [5.74, 6) is 0.443. The van der Waals surface area contributed by atoms with E-state index in [-0.39, 0.29) is 29.3 Å². The van der Waals surface area contributed by atoms with Crippen molar-refractivity contribution in [2.45, 2.75) is 91.6 Å². The summed E-state index contributed by atoms with van der Waals surface area (Å²) in [6, 6.07) is 0. The summed E-state index contributed by atoms with van der Waals surface area (Å²) in [5.41, 5.74) is 0. The molecule has 3 nitrogen and oxygen atoms in total. The van der Waals surface area contributed by atoms with Gasteiger partial charge in [-0.2, -0.15) is 0 Å². The van der Waals surface area contributed by atoms with Crippen LogP contribution in [0.25, 0.3) is 0 Å². The number of carbonyl (C=O) groups is 1. The van der Waals surface area contributed by atoms with Crippen LogP contribution in [-0.2, 0) is 9.22 Å². The van der Waals surface area contributed by atoms with Crippen LogP contribution < -0.4 is 0 Å². The molecule has 0 unspecified atom stereocenters. The molecule has 0 amide bonds. The lowest BCUT2D eigenvalue weighted by Crippen LogP contribution is -2.46. The summed E-state index contributed by atoms with van der Waals surface area (Å²) < 4.78 is 6.44. The Hall–Kier alpha value is -0.193. The van der Waals surface area contributed by atoms with Crippen LogP contribution in [0.4, 0.5) is 0 Å². The molecule has 0 aliphatic rings. The molecule has 21 heavy (non-hydrogen) atoms. The molecule has 0 spiro atoms. The number of aliphatic hydroxyl groups is 1. The number of Topliss-reactive ketones (excluding diaryl/α,β-unsaturated/α-hetero) is 1. The van der Waals surface area contributed by atoms with Crippen molar-refractivity contribution in [2.24, 2.45) is 11.8 Å². The van der Waals surface area contributed by atoms with E-state index in [0.717, 1.165) is 0 Å². The van der Waals surface area contributed by atoms with Gasteiger partial charge in [-0.1, -0.05) is 48.5 Å². The molecule has 0 aliphatic carbocycles. The number of hydrogen-bond donors (Lipinski definition) is 1. The van der Waals surface area contributed by atoms with Crippen LogP contribution in [-0.4, -0.2) is 31.4 Å². The molecular formula is C17H36O3Si. The van der Waals surface area contributed by atoms with Crippen LogP contribution >= 0.6 is 0 Å². The number of ketones is 1. The zero-order valence-electron chi connectivity index (χ0n) is 15.5. The zero-order chi connectivity index (χ0) is 17.0. The molecule has 0 aromatic carbocycles. The molecule has 0 fully saturated rings. The fourth-order valence-electron chi connectivity index (χ4n) is 1.83. The molecule has 0 saturated carbocycles. The minimum absolute atomic E-state index is 0.0147. The van der Waals surface area contributed by atoms with Gasteiger partial charge in [0, 0.05) is 18.4 Å². The maximum absolute atomic E-state index is 11.8. The van der Waals surface area contributed by atoms with Crippen molar-refractivity contribution in [1.29, 1.82) is 0 Å². The third kappa shape index (κ3) is 7.07. The fourth-order valence-corrected chi connectivity index (χ4v) is 3.31. The van der Waals surface area contributed by atoms with Crippen LogP contribution in [0, 0.1) is 11.8 Å². The first-order chi connectivity index (χ1) is 9.28. The number of rotatable bonds is 8. The standard InChI is InChI=1S/C17H36O3Si/c1-12(2)15(19)10-14(18)11-16(13(3)4)20-21(8,9)17(5,6)7/h12-14,16,18H,10-11H2,1-9H3/t14-,16+/m0/s1. The van der Waals surface area contributed by atoms with Crippen molar-refractivity contribution in [2.75, 3.05) is 0 Å². The van der Waals surface area contributed by atoms with Crippen LogP contribution in [0.2, 0.25) is 18.1 Å². The molecular weight excluding hydrogens is 280 g/mol. The van der Waals surface area contributed by atoms with Crippen LogP contribution in [0.15, 0.2) is 0 Å². The molecule has 1 N–H and O–H groups in total. The van der Waals surface area contributed by atoms with Gasteiger partial charge in [0.1, 0.15) is 5.78 Å². The Morgan fingerprint density at radius 3 is 1.95 bits per heavy atom. The summed E-state index contributed by atoms with van der Waals surface area (Å²) in [4.78, 5) is 11.8. The third-order valence-corrected chi connectivity index (χ3v) is 9.09. The van der Waals surface area contributed by atoms with Gasteiger partial charge in [0.25, 0.3) is 0 Å². The Morgan fingerprint density at radius 1 is 1.14 bits per heavy atom. The van der Waals surface area contributed by atoms with E-state index in [1.807, 2.05) is 13.8 Å². The highest BCUT2D eigenvalue weighted by Gasteiger charge is 2.40. The second kappa shape index (κ2) is 7.89. The molecule has 0 aromatic rings. The highest BCUT2D eigenvalue weighted by molar-refractivity contribution is 6.74. The summed E-state index contributed by atoms with van der Waals surface area (Å²) in [6.45, 7) is 19.1. The van der Waals surface area contributed by atoms with Gasteiger partial charge in [0.15, 0.2) is 8.32 Å². The molecule has 4 heteroatoms. The van der Waals surface area contributed by atoms with Gasteiger partial charge in [-0.3, -0.25) is 4.79 Å². The molecule has 2 atom stereocenters. The van der Waals surface area contributed by atoms with E-state index < -0.39 is 14.4 Å². The van der Waals surface area contributed by atoms with Gasteiger partial charge in [-0.05, 0) is 30.5 Å². The van der Waals surface area contributed by atoms with E-state index in [0.29, 0.717) is 12.3 Å². The fraction of sp³-hybridized carbons (Fsp3) is 0.941. The van der Waals surface area contributed by atoms with Gasteiger partial charge in [0.05, 0.1) is 6.10 Å². The number of hydrogen-bond acceptors (Lipinski definition) is 3. The van der Waals surface area contributed by atoms with Gasteiger partial charge < -0.3 is 9.53 Å². The van der Waals surface area contributed by atoms with Gasteiger partial charge >= 0.3 is 0 Å². The molecule has 0 aliphatic heterocycles. The number of aliphatic hydroxyl groups excluding tert-OH is 1. The second-order valence-corrected chi connectivity index (χ2v) is 13.1. The molecule has 0 saturated heterocycles. The second-order valence-electron chi connectivity index (χ2n) is 8.38. The smallest absolute Gasteiger partial charge is 0.192 e. The average Bonchev–Trinajstić information content (AvgIpc) is 2.25. The molecule has 0 aromatic heterocycles. The summed E-state index contributed by atoms with van der Waals surface area (Å²) in [7, 11) is -1.86. The Kier molecular flexibility index (Phi) is 7.81. The normalized spacial score (nSPS) is 16.4. The van der Waals surface area contributed by atoms with Crippen molar-refractivity contribution < 1.29 is 14.3 Å². The molecule has 126 valence electrons. The van der Waals surface area contributed by atoms with E-state index in [9.17, 15) is 9.90 Å². The van der Waals surface area contributed by atoms with Crippen LogP contribution in [0.1, 0.15) is 61.3 Å². The monoisotopic (exact) mass is 316 g/mol. The average molecular weight is 317 g/mol. The minimum atomic E-state index is -1.86. The Balaban J connectivity index is 4.75. The first-order valence-electron chi connectivity index (χ1n) is 8.16. The highest BCUT2D eigenvalue weighted by atomic mass is 28.4.